The molecule has 0 heterocycles. The first-order valence-electron chi connectivity index (χ1n) is 16.8. The Labute approximate surface area is 285 Å². The van der Waals surface area contributed by atoms with Crippen molar-refractivity contribution in [2.45, 2.75) is 123 Å². The molecule has 0 aromatic heterocycles. The number of aromatic hydroxyl groups is 1. The maximum absolute atomic E-state index is 14.4. The van der Waals surface area contributed by atoms with Gasteiger partial charge < -0.3 is 35.2 Å². The first-order chi connectivity index (χ1) is 22.6. The molecule has 0 aliphatic heterocycles. The molecule has 0 saturated heterocycles. The van der Waals surface area contributed by atoms with Crippen molar-refractivity contribution in [3.05, 3.63) is 65.7 Å². The van der Waals surface area contributed by atoms with Crippen molar-refractivity contribution >= 4 is 23.9 Å². The Morgan fingerprint density at radius 1 is 0.771 bits per heavy atom. The third-order valence-corrected chi connectivity index (χ3v) is 7.29. The molecule has 0 bridgehead atoms. The lowest BCUT2D eigenvalue weighted by Crippen LogP contribution is -2.56. The number of aliphatic hydroxyl groups excluding tert-OH is 1. The molecule has 11 heteroatoms. The van der Waals surface area contributed by atoms with Gasteiger partial charge in [-0.1, -0.05) is 87.6 Å². The van der Waals surface area contributed by atoms with Crippen LogP contribution in [0.5, 0.6) is 5.75 Å². The largest absolute Gasteiger partial charge is 0.508 e. The van der Waals surface area contributed by atoms with E-state index in [1.54, 1.807) is 53.7 Å². The van der Waals surface area contributed by atoms with Crippen LogP contribution in [0.1, 0.15) is 104 Å². The smallest absolute Gasteiger partial charge is 0.408 e. The molecule has 3 unspecified atom stereocenters. The second-order valence-electron chi connectivity index (χ2n) is 13.9. The fourth-order valence-corrected chi connectivity index (χ4v) is 5.10. The van der Waals surface area contributed by atoms with E-state index in [0.717, 1.165) is 37.7 Å². The first-order valence-corrected chi connectivity index (χ1v) is 16.8. The number of ether oxygens (including phenoxy) is 2. The Morgan fingerprint density at radius 3 is 1.94 bits per heavy atom. The molecule has 266 valence electrons. The van der Waals surface area contributed by atoms with Crippen molar-refractivity contribution in [1.29, 1.82) is 0 Å². The van der Waals surface area contributed by atoms with Gasteiger partial charge in [-0.3, -0.25) is 9.59 Å². The Morgan fingerprint density at radius 2 is 1.35 bits per heavy atom. The first kappa shape index (κ1) is 40.1. The normalized spacial score (nSPS) is 13.5. The van der Waals surface area contributed by atoms with Gasteiger partial charge >= 0.3 is 12.1 Å². The number of alkyl carbamates (subject to hydrolysis) is 1. The second kappa shape index (κ2) is 19.0. The monoisotopic (exact) mass is 669 g/mol. The summed E-state index contributed by atoms with van der Waals surface area (Å²) < 4.78 is 11.0. The fourth-order valence-electron chi connectivity index (χ4n) is 5.10. The van der Waals surface area contributed by atoms with Gasteiger partial charge in [-0.15, -0.1) is 0 Å². The number of para-hydroxylation sites is 1. The van der Waals surface area contributed by atoms with Crippen LogP contribution in [0.25, 0.3) is 0 Å². The summed E-state index contributed by atoms with van der Waals surface area (Å²) in [5.41, 5.74) is -0.811. The van der Waals surface area contributed by atoms with Gasteiger partial charge in [0.15, 0.2) is 0 Å². The molecule has 0 radical (unpaired) electrons. The molecule has 3 amide bonds. The van der Waals surface area contributed by atoms with Gasteiger partial charge in [0.1, 0.15) is 35.1 Å². The Hall–Kier alpha value is -4.12. The molecule has 0 aliphatic carbocycles. The fraction of sp³-hybridized carbons (Fsp3) is 0.568. The number of carbonyl (C=O) groups is 4. The average Bonchev–Trinajstić information content (AvgIpc) is 2.99. The van der Waals surface area contributed by atoms with Gasteiger partial charge in [0.05, 0.1) is 6.61 Å². The predicted molar refractivity (Wildman–Crippen MR) is 184 cm³/mol. The lowest BCUT2D eigenvalue weighted by Gasteiger charge is -2.35. The topological polar surface area (TPSA) is 154 Å². The van der Waals surface area contributed by atoms with E-state index in [4.69, 9.17) is 9.47 Å². The Balaban J connectivity index is 2.57. The summed E-state index contributed by atoms with van der Waals surface area (Å²) in [6.07, 6.45) is 4.55. The number of nitrogens with one attached hydrogen (secondary N) is 2. The number of hydrogen-bond donors (Lipinski definition) is 4. The average molecular weight is 670 g/mol. The standard InChI is InChI=1S/C37H55N3O8/c1-8-9-10-11-12-18-23-40(33(44)29(25-41)39-35(46)48-37(5,6)7)31(27-21-16-17-22-30(27)42)32(43)38-28(34(45)47-36(2,3)4)24-26-19-14-13-15-20-26/h13-17,19-22,28-29,31,41-42H,8-12,18,23-25H2,1-7H3,(H,38,43)(H,39,46). The minimum Gasteiger partial charge on any atom is -0.508 e. The summed E-state index contributed by atoms with van der Waals surface area (Å²) in [5.74, 6) is -2.39. The van der Waals surface area contributed by atoms with Gasteiger partial charge in [-0.25, -0.2) is 9.59 Å². The van der Waals surface area contributed by atoms with Crippen molar-refractivity contribution in [1.82, 2.24) is 15.5 Å². The van der Waals surface area contributed by atoms with Crippen molar-refractivity contribution in [2.75, 3.05) is 13.2 Å². The molecular formula is C37H55N3O8. The van der Waals surface area contributed by atoms with Crippen LogP contribution in [0.15, 0.2) is 54.6 Å². The third-order valence-electron chi connectivity index (χ3n) is 7.29. The number of unbranched alkanes of at least 4 members (excludes halogenated alkanes) is 5. The van der Waals surface area contributed by atoms with Gasteiger partial charge in [-0.2, -0.15) is 0 Å². The zero-order chi connectivity index (χ0) is 35.9. The number of aliphatic hydroxyl groups is 1. The van der Waals surface area contributed by atoms with Crippen LogP contribution in [-0.4, -0.2) is 75.4 Å². The van der Waals surface area contributed by atoms with Crippen LogP contribution < -0.4 is 10.6 Å². The zero-order valence-electron chi connectivity index (χ0n) is 29.6. The molecule has 48 heavy (non-hydrogen) atoms. The number of benzene rings is 2. The van der Waals surface area contributed by atoms with E-state index in [-0.39, 0.29) is 24.3 Å². The lowest BCUT2D eigenvalue weighted by atomic mass is 9.99. The van der Waals surface area contributed by atoms with Crippen molar-refractivity contribution in [3.63, 3.8) is 0 Å². The van der Waals surface area contributed by atoms with Gasteiger partial charge in [0.2, 0.25) is 11.8 Å². The van der Waals surface area contributed by atoms with Crippen LogP contribution >= 0.6 is 0 Å². The molecule has 0 spiro atoms. The van der Waals surface area contributed by atoms with Gasteiger partial charge in [-0.05, 0) is 59.6 Å². The number of phenols is 1. The molecule has 0 saturated carbocycles. The van der Waals surface area contributed by atoms with Crippen LogP contribution in [-0.2, 0) is 30.3 Å². The number of hydrogen-bond acceptors (Lipinski definition) is 8. The molecule has 4 N–H and O–H groups in total. The second-order valence-corrected chi connectivity index (χ2v) is 13.9. The summed E-state index contributed by atoms with van der Waals surface area (Å²) in [4.78, 5) is 56.0. The minimum absolute atomic E-state index is 0.0691. The van der Waals surface area contributed by atoms with Crippen LogP contribution in [0.4, 0.5) is 4.79 Å². The molecule has 2 rings (SSSR count). The van der Waals surface area contributed by atoms with Gasteiger partial charge in [0, 0.05) is 18.5 Å². The van der Waals surface area contributed by atoms with E-state index < -0.39 is 59.8 Å². The van der Waals surface area contributed by atoms with Crippen LogP contribution in [0.2, 0.25) is 0 Å². The molecule has 2 aromatic carbocycles. The Bertz CT molecular complexity index is 1320. The van der Waals surface area contributed by atoms with E-state index in [1.165, 1.54) is 17.0 Å². The molecule has 0 fully saturated rings. The molecule has 2 aromatic rings. The quantitative estimate of drug-likeness (QED) is 0.126. The minimum atomic E-state index is -1.45. The number of rotatable bonds is 17. The van der Waals surface area contributed by atoms with Crippen molar-refractivity contribution in [2.24, 2.45) is 0 Å². The van der Waals surface area contributed by atoms with E-state index in [2.05, 4.69) is 17.6 Å². The maximum Gasteiger partial charge on any atom is 0.408 e. The molecule has 3 atom stereocenters. The number of phenolic OH excluding ortho intramolecular Hbond substituents is 1. The van der Waals surface area contributed by atoms with E-state index >= 15 is 0 Å². The molecular weight excluding hydrogens is 614 g/mol. The van der Waals surface area contributed by atoms with Crippen LogP contribution in [0, 0.1) is 0 Å². The zero-order valence-corrected chi connectivity index (χ0v) is 29.6. The van der Waals surface area contributed by atoms with Gasteiger partial charge in [0.25, 0.3) is 0 Å². The molecule has 11 nitrogen and oxygen atoms in total. The number of esters is 1. The lowest BCUT2D eigenvalue weighted by molar-refractivity contribution is -0.159. The summed E-state index contributed by atoms with van der Waals surface area (Å²) in [5, 5.41) is 26.5. The maximum atomic E-state index is 14.4. The summed E-state index contributed by atoms with van der Waals surface area (Å²) >= 11 is 0. The third kappa shape index (κ3) is 13.9. The highest BCUT2D eigenvalue weighted by Gasteiger charge is 2.39. The highest BCUT2D eigenvalue weighted by atomic mass is 16.6. The Kier molecular flexibility index (Phi) is 15.9. The van der Waals surface area contributed by atoms with Crippen molar-refractivity contribution in [3.8, 4) is 5.75 Å². The summed E-state index contributed by atoms with van der Waals surface area (Å²) in [6, 6.07) is 11.3. The van der Waals surface area contributed by atoms with Crippen molar-refractivity contribution < 1.29 is 38.9 Å². The van der Waals surface area contributed by atoms with E-state index in [0.29, 0.717) is 6.42 Å². The highest BCUT2D eigenvalue weighted by molar-refractivity contribution is 5.94. The summed E-state index contributed by atoms with van der Waals surface area (Å²) in [7, 11) is 0. The number of amides is 3. The molecule has 0 aliphatic rings. The van der Waals surface area contributed by atoms with E-state index in [9.17, 15) is 29.4 Å². The number of carbonyl (C=O) groups excluding carboxylic acids is 4. The van der Waals surface area contributed by atoms with Crippen LogP contribution in [0.3, 0.4) is 0 Å². The SMILES string of the molecule is CCCCCCCCN(C(=O)C(CO)NC(=O)OC(C)(C)C)C(C(=O)NC(Cc1ccccc1)C(=O)OC(C)(C)C)c1ccccc1O. The predicted octanol–water partition coefficient (Wildman–Crippen LogP) is 5.58. The summed E-state index contributed by atoms with van der Waals surface area (Å²) in [6.45, 7) is 11.6. The highest BCUT2D eigenvalue weighted by Crippen LogP contribution is 2.30. The number of nitrogens with zero attached hydrogens (tertiary/aromatic N) is 1. The van der Waals surface area contributed by atoms with E-state index in [1.807, 2.05) is 30.3 Å².